The number of anilines is 1. The first-order valence-corrected chi connectivity index (χ1v) is 5.52. The molecule has 90 valence electrons. The lowest BCUT2D eigenvalue weighted by molar-refractivity contribution is 0.416. The van der Waals surface area contributed by atoms with Crippen molar-refractivity contribution in [2.45, 2.75) is 6.92 Å². The van der Waals surface area contributed by atoms with Crippen LogP contribution in [-0.2, 0) is 0 Å². The molecule has 0 spiro atoms. The second kappa shape index (κ2) is 4.67. The van der Waals surface area contributed by atoms with Crippen molar-refractivity contribution in [3.63, 3.8) is 0 Å². The molecule has 0 amide bonds. The maximum absolute atomic E-state index is 5.99. The first-order valence-electron chi connectivity index (χ1n) is 5.14. The van der Waals surface area contributed by atoms with E-state index < -0.39 is 0 Å². The summed E-state index contributed by atoms with van der Waals surface area (Å²) in [4.78, 5) is 4.33. The topological polar surface area (TPSA) is 47.3 Å². The molecule has 0 aliphatic rings. The number of oxazole rings is 1. The summed E-state index contributed by atoms with van der Waals surface area (Å²) in [5.74, 6) is 1.43. The highest BCUT2D eigenvalue weighted by atomic mass is 35.5. The van der Waals surface area contributed by atoms with E-state index in [1.165, 1.54) is 0 Å². The summed E-state index contributed by atoms with van der Waals surface area (Å²) in [6.07, 6.45) is 0. The van der Waals surface area contributed by atoms with Crippen LogP contribution in [0, 0.1) is 6.92 Å². The van der Waals surface area contributed by atoms with Crippen LogP contribution in [0.25, 0.3) is 11.3 Å². The van der Waals surface area contributed by atoms with Crippen molar-refractivity contribution in [1.82, 2.24) is 4.98 Å². The molecule has 2 rings (SSSR count). The van der Waals surface area contributed by atoms with Gasteiger partial charge in [-0.15, -0.1) is 0 Å². The van der Waals surface area contributed by atoms with Crippen molar-refractivity contribution in [3.05, 3.63) is 29.0 Å². The zero-order chi connectivity index (χ0) is 12.4. The van der Waals surface area contributed by atoms with E-state index in [2.05, 4.69) is 10.3 Å². The molecule has 1 aromatic carbocycles. The van der Waals surface area contributed by atoms with Gasteiger partial charge in [0.05, 0.1) is 7.11 Å². The molecule has 0 saturated heterocycles. The third kappa shape index (κ3) is 2.22. The summed E-state index contributed by atoms with van der Waals surface area (Å²) in [6.45, 7) is 1.85. The maximum Gasteiger partial charge on any atom is 0.295 e. The van der Waals surface area contributed by atoms with Crippen LogP contribution in [0.5, 0.6) is 5.75 Å². The van der Waals surface area contributed by atoms with Crippen LogP contribution in [0.4, 0.5) is 6.01 Å². The summed E-state index contributed by atoms with van der Waals surface area (Å²) < 4.78 is 10.7. The standard InChI is InChI=1S/C12H13ClN2O2/c1-7-11(15-12(14-2)17-7)9-6-8(13)4-5-10(9)16-3/h4-6H,1-3H3,(H,14,15). The molecular weight excluding hydrogens is 240 g/mol. The number of hydrogen-bond donors (Lipinski definition) is 1. The van der Waals surface area contributed by atoms with Gasteiger partial charge < -0.3 is 14.5 Å². The number of methoxy groups -OCH3 is 1. The Labute approximate surface area is 105 Å². The molecule has 0 bridgehead atoms. The van der Waals surface area contributed by atoms with Crippen molar-refractivity contribution in [1.29, 1.82) is 0 Å². The predicted octanol–water partition coefficient (Wildman–Crippen LogP) is 3.35. The third-order valence-corrected chi connectivity index (χ3v) is 2.66. The summed E-state index contributed by atoms with van der Waals surface area (Å²) in [5, 5.41) is 3.49. The number of aromatic nitrogens is 1. The van der Waals surface area contributed by atoms with Gasteiger partial charge in [-0.3, -0.25) is 0 Å². The van der Waals surface area contributed by atoms with Crippen LogP contribution in [0.15, 0.2) is 22.6 Å². The summed E-state index contributed by atoms with van der Waals surface area (Å²) >= 11 is 5.99. The van der Waals surface area contributed by atoms with Crippen LogP contribution in [0.3, 0.4) is 0 Å². The molecule has 1 aromatic heterocycles. The van der Waals surface area contributed by atoms with E-state index in [9.17, 15) is 0 Å². The summed E-state index contributed by atoms with van der Waals surface area (Å²) in [7, 11) is 3.37. The Morgan fingerprint density at radius 2 is 2.18 bits per heavy atom. The monoisotopic (exact) mass is 252 g/mol. The van der Waals surface area contributed by atoms with Crippen molar-refractivity contribution in [2.75, 3.05) is 19.5 Å². The average Bonchev–Trinajstić information content (AvgIpc) is 2.70. The Morgan fingerprint density at radius 3 is 2.76 bits per heavy atom. The Morgan fingerprint density at radius 1 is 1.41 bits per heavy atom. The number of nitrogens with one attached hydrogen (secondary N) is 1. The number of benzene rings is 1. The Hall–Kier alpha value is -1.68. The first-order chi connectivity index (χ1) is 8.15. The fourth-order valence-corrected chi connectivity index (χ4v) is 1.79. The van der Waals surface area contributed by atoms with Gasteiger partial charge in [0.1, 0.15) is 17.2 Å². The minimum Gasteiger partial charge on any atom is -0.496 e. The van der Waals surface area contributed by atoms with Gasteiger partial charge in [0.15, 0.2) is 0 Å². The maximum atomic E-state index is 5.99. The van der Waals surface area contributed by atoms with Crippen molar-refractivity contribution >= 4 is 17.6 Å². The second-order valence-electron chi connectivity index (χ2n) is 3.52. The predicted molar refractivity (Wildman–Crippen MR) is 67.8 cm³/mol. The van der Waals surface area contributed by atoms with E-state index in [1.807, 2.05) is 19.1 Å². The fourth-order valence-electron chi connectivity index (χ4n) is 1.62. The van der Waals surface area contributed by atoms with Gasteiger partial charge in [0.2, 0.25) is 0 Å². The SMILES string of the molecule is CNc1nc(-c2cc(Cl)ccc2OC)c(C)o1. The van der Waals surface area contributed by atoms with Crippen LogP contribution < -0.4 is 10.1 Å². The van der Waals surface area contributed by atoms with Crippen LogP contribution in [0.1, 0.15) is 5.76 Å². The molecule has 0 unspecified atom stereocenters. The number of aryl methyl sites for hydroxylation is 1. The second-order valence-corrected chi connectivity index (χ2v) is 3.95. The van der Waals surface area contributed by atoms with Gasteiger partial charge in [-0.25, -0.2) is 0 Å². The highest BCUT2D eigenvalue weighted by molar-refractivity contribution is 6.31. The van der Waals surface area contributed by atoms with E-state index in [-0.39, 0.29) is 0 Å². The number of rotatable bonds is 3. The minimum absolute atomic E-state index is 0.472. The van der Waals surface area contributed by atoms with Crippen molar-refractivity contribution in [2.24, 2.45) is 0 Å². The number of nitrogens with zero attached hydrogens (tertiary/aromatic N) is 1. The lowest BCUT2D eigenvalue weighted by atomic mass is 10.1. The van der Waals surface area contributed by atoms with E-state index in [4.69, 9.17) is 20.8 Å². The Kier molecular flexibility index (Phi) is 3.24. The summed E-state index contributed by atoms with van der Waals surface area (Å²) in [5.41, 5.74) is 1.55. The molecule has 1 N–H and O–H groups in total. The zero-order valence-electron chi connectivity index (χ0n) is 9.87. The molecule has 0 atom stereocenters. The fraction of sp³-hybridized carbons (Fsp3) is 0.250. The molecule has 0 aliphatic heterocycles. The van der Waals surface area contributed by atoms with Gasteiger partial charge in [-0.2, -0.15) is 4.98 Å². The zero-order valence-corrected chi connectivity index (χ0v) is 10.6. The molecule has 1 heterocycles. The number of halogens is 1. The molecule has 0 aliphatic carbocycles. The quantitative estimate of drug-likeness (QED) is 0.910. The van der Waals surface area contributed by atoms with E-state index in [1.54, 1.807) is 20.2 Å². The average molecular weight is 253 g/mol. The van der Waals surface area contributed by atoms with Crippen LogP contribution in [0.2, 0.25) is 5.02 Å². The lowest BCUT2D eigenvalue weighted by Gasteiger charge is -2.06. The first kappa shape index (κ1) is 11.8. The lowest BCUT2D eigenvalue weighted by Crippen LogP contribution is -1.90. The van der Waals surface area contributed by atoms with Crippen LogP contribution >= 0.6 is 11.6 Å². The highest BCUT2D eigenvalue weighted by Crippen LogP contribution is 2.34. The Bertz CT molecular complexity index is 537. The van der Waals surface area contributed by atoms with Gasteiger partial charge in [0, 0.05) is 17.6 Å². The third-order valence-electron chi connectivity index (χ3n) is 2.43. The molecule has 5 heteroatoms. The molecular formula is C12H13ClN2O2. The number of ether oxygens (including phenoxy) is 1. The van der Waals surface area contributed by atoms with E-state index in [0.717, 1.165) is 17.0 Å². The highest BCUT2D eigenvalue weighted by Gasteiger charge is 2.15. The van der Waals surface area contributed by atoms with Gasteiger partial charge in [-0.1, -0.05) is 11.6 Å². The molecule has 4 nitrogen and oxygen atoms in total. The minimum atomic E-state index is 0.472. The smallest absolute Gasteiger partial charge is 0.295 e. The Balaban J connectivity index is 2.58. The van der Waals surface area contributed by atoms with Gasteiger partial charge in [-0.05, 0) is 25.1 Å². The van der Waals surface area contributed by atoms with E-state index >= 15 is 0 Å². The largest absolute Gasteiger partial charge is 0.496 e. The molecule has 0 fully saturated rings. The normalized spacial score (nSPS) is 10.4. The number of hydrogen-bond acceptors (Lipinski definition) is 4. The van der Waals surface area contributed by atoms with Crippen LogP contribution in [-0.4, -0.2) is 19.1 Å². The van der Waals surface area contributed by atoms with Gasteiger partial charge >= 0.3 is 0 Å². The van der Waals surface area contributed by atoms with E-state index in [0.29, 0.717) is 16.8 Å². The van der Waals surface area contributed by atoms with Crippen molar-refractivity contribution in [3.8, 4) is 17.0 Å². The molecule has 0 saturated carbocycles. The summed E-state index contributed by atoms with van der Waals surface area (Å²) in [6, 6.07) is 5.87. The van der Waals surface area contributed by atoms with Gasteiger partial charge in [0.25, 0.3) is 6.01 Å². The molecule has 2 aromatic rings. The molecule has 0 radical (unpaired) electrons. The van der Waals surface area contributed by atoms with Crippen molar-refractivity contribution < 1.29 is 9.15 Å². The molecule has 17 heavy (non-hydrogen) atoms.